The maximum atomic E-state index is 13.9. The third-order valence-corrected chi connectivity index (χ3v) is 6.24. The van der Waals surface area contributed by atoms with E-state index in [1.54, 1.807) is 0 Å². The van der Waals surface area contributed by atoms with Gasteiger partial charge in [0.1, 0.15) is 0 Å². The Morgan fingerprint density at radius 1 is 0.839 bits per heavy atom. The van der Waals surface area contributed by atoms with E-state index in [1.807, 2.05) is 48.5 Å². The average Bonchev–Trinajstić information content (AvgIpc) is 2.87. The summed E-state index contributed by atoms with van der Waals surface area (Å²) >= 11 is 6.15. The van der Waals surface area contributed by atoms with E-state index in [0.717, 1.165) is 42.0 Å². The monoisotopic (exact) mass is 432 g/mol. The van der Waals surface area contributed by atoms with Gasteiger partial charge in [-0.2, -0.15) is 0 Å². The van der Waals surface area contributed by atoms with Crippen LogP contribution < -0.4 is 5.32 Å². The fourth-order valence-electron chi connectivity index (χ4n) is 4.34. The van der Waals surface area contributed by atoms with E-state index < -0.39 is 0 Å². The zero-order valence-electron chi connectivity index (χ0n) is 17.7. The molecule has 1 aliphatic heterocycles. The van der Waals surface area contributed by atoms with Crippen LogP contribution >= 0.6 is 11.6 Å². The second kappa shape index (κ2) is 10.6. The number of rotatable bonds is 5. The van der Waals surface area contributed by atoms with E-state index in [0.29, 0.717) is 13.0 Å². The van der Waals surface area contributed by atoms with Crippen LogP contribution in [0.15, 0.2) is 84.9 Å². The van der Waals surface area contributed by atoms with Crippen LogP contribution in [0.3, 0.4) is 0 Å². The Balaban J connectivity index is 1.68. The molecule has 3 aromatic rings. The van der Waals surface area contributed by atoms with Crippen LogP contribution in [0.1, 0.15) is 42.0 Å². The minimum atomic E-state index is -0.237. The van der Waals surface area contributed by atoms with Crippen LogP contribution in [0.25, 0.3) is 0 Å². The van der Waals surface area contributed by atoms with E-state index >= 15 is 0 Å². The molecular weight excluding hydrogens is 404 g/mol. The number of carbonyl (C=O) groups is 1. The van der Waals surface area contributed by atoms with Crippen molar-refractivity contribution in [1.82, 2.24) is 10.2 Å². The van der Waals surface area contributed by atoms with Crippen molar-refractivity contribution in [3.05, 3.63) is 107 Å². The lowest BCUT2D eigenvalue weighted by Crippen LogP contribution is -2.48. The number of nitrogens with zero attached hydrogens (tertiary/aromatic N) is 1. The average molecular weight is 433 g/mol. The molecule has 1 saturated heterocycles. The first-order valence-electron chi connectivity index (χ1n) is 11.1. The highest BCUT2D eigenvalue weighted by molar-refractivity contribution is 6.30. The predicted octanol–water partition coefficient (Wildman–Crippen LogP) is 5.79. The molecule has 1 aliphatic rings. The number of amides is 1. The van der Waals surface area contributed by atoms with Crippen LogP contribution in [-0.2, 0) is 17.8 Å². The van der Waals surface area contributed by atoms with Crippen LogP contribution in [0.4, 0.5) is 0 Å². The maximum absolute atomic E-state index is 13.9. The SMILES string of the molecule is O=C1[C@H](Cc2ccccc2)NCCCC[C@H](c2ccc(Cl)cc2)N1Cc1ccccc1. The third kappa shape index (κ3) is 5.75. The van der Waals surface area contributed by atoms with E-state index in [9.17, 15) is 4.79 Å². The topological polar surface area (TPSA) is 32.3 Å². The number of hydrogen-bond acceptors (Lipinski definition) is 2. The Morgan fingerprint density at radius 3 is 2.16 bits per heavy atom. The van der Waals surface area contributed by atoms with Crippen molar-refractivity contribution in [1.29, 1.82) is 0 Å². The standard InChI is InChI=1S/C27H29ClN2O/c28-24-16-14-23(15-17-24)26-13-7-8-18-29-25(19-21-9-3-1-4-10-21)27(31)30(26)20-22-11-5-2-6-12-22/h1-6,9-12,14-17,25-26,29H,7-8,13,18-20H2/t25-,26+/m0/s1. The lowest BCUT2D eigenvalue weighted by atomic mass is 9.97. The summed E-state index contributed by atoms with van der Waals surface area (Å²) in [5.74, 6) is 0.162. The minimum absolute atomic E-state index is 0.0307. The molecule has 0 radical (unpaired) electrons. The molecule has 0 unspecified atom stereocenters. The molecule has 3 aromatic carbocycles. The molecule has 4 rings (SSSR count). The molecule has 1 heterocycles. The lowest BCUT2D eigenvalue weighted by molar-refractivity contribution is -0.136. The van der Waals surface area contributed by atoms with Gasteiger partial charge in [0, 0.05) is 11.6 Å². The van der Waals surface area contributed by atoms with Gasteiger partial charge in [-0.1, -0.05) is 84.4 Å². The van der Waals surface area contributed by atoms with Gasteiger partial charge in [-0.05, 0) is 61.1 Å². The van der Waals surface area contributed by atoms with Crippen molar-refractivity contribution >= 4 is 17.5 Å². The summed E-state index contributed by atoms with van der Waals surface area (Å²) in [5.41, 5.74) is 3.47. The second-order valence-corrected chi connectivity index (χ2v) is 8.65. The molecule has 1 fully saturated rings. The van der Waals surface area contributed by atoms with Gasteiger partial charge in [0.2, 0.25) is 5.91 Å². The van der Waals surface area contributed by atoms with E-state index in [1.165, 1.54) is 5.56 Å². The van der Waals surface area contributed by atoms with Gasteiger partial charge in [-0.25, -0.2) is 0 Å². The third-order valence-electron chi connectivity index (χ3n) is 5.99. The molecule has 4 heteroatoms. The van der Waals surface area contributed by atoms with Crippen LogP contribution in [-0.4, -0.2) is 23.4 Å². The first-order chi connectivity index (χ1) is 15.2. The first kappa shape index (κ1) is 21.6. The quantitative estimate of drug-likeness (QED) is 0.553. The predicted molar refractivity (Wildman–Crippen MR) is 127 cm³/mol. The van der Waals surface area contributed by atoms with Gasteiger partial charge in [0.15, 0.2) is 0 Å². The fraction of sp³-hybridized carbons (Fsp3) is 0.296. The highest BCUT2D eigenvalue weighted by Gasteiger charge is 2.31. The summed E-state index contributed by atoms with van der Waals surface area (Å²) in [6.07, 6.45) is 3.76. The number of carbonyl (C=O) groups excluding carboxylic acids is 1. The smallest absolute Gasteiger partial charge is 0.240 e. The minimum Gasteiger partial charge on any atom is -0.330 e. The molecule has 0 aliphatic carbocycles. The van der Waals surface area contributed by atoms with E-state index in [-0.39, 0.29) is 18.0 Å². The largest absolute Gasteiger partial charge is 0.330 e. The summed E-state index contributed by atoms with van der Waals surface area (Å²) < 4.78 is 0. The Bertz CT molecular complexity index is 960. The fourth-order valence-corrected chi connectivity index (χ4v) is 4.47. The van der Waals surface area contributed by atoms with E-state index in [4.69, 9.17) is 11.6 Å². The Hall–Kier alpha value is -2.62. The molecule has 3 nitrogen and oxygen atoms in total. The van der Waals surface area contributed by atoms with Gasteiger partial charge >= 0.3 is 0 Å². The number of hydrogen-bond donors (Lipinski definition) is 1. The van der Waals surface area contributed by atoms with Crippen molar-refractivity contribution in [2.24, 2.45) is 0 Å². The summed E-state index contributed by atoms with van der Waals surface area (Å²) in [7, 11) is 0. The Morgan fingerprint density at radius 2 is 1.48 bits per heavy atom. The molecule has 160 valence electrons. The summed E-state index contributed by atoms with van der Waals surface area (Å²) in [4.78, 5) is 16.0. The van der Waals surface area contributed by atoms with Crippen molar-refractivity contribution in [3.8, 4) is 0 Å². The number of benzene rings is 3. The Kier molecular flexibility index (Phi) is 7.39. The van der Waals surface area contributed by atoms with Crippen molar-refractivity contribution < 1.29 is 4.79 Å². The van der Waals surface area contributed by atoms with Gasteiger partial charge < -0.3 is 10.2 Å². The van der Waals surface area contributed by atoms with Crippen LogP contribution in [0.2, 0.25) is 5.02 Å². The molecule has 31 heavy (non-hydrogen) atoms. The van der Waals surface area contributed by atoms with Crippen LogP contribution in [0.5, 0.6) is 0 Å². The molecule has 0 spiro atoms. The van der Waals surface area contributed by atoms with Crippen LogP contribution in [0, 0.1) is 0 Å². The molecular formula is C27H29ClN2O. The Labute approximate surface area is 190 Å². The van der Waals surface area contributed by atoms with Gasteiger partial charge in [-0.3, -0.25) is 4.79 Å². The number of nitrogens with one attached hydrogen (secondary N) is 1. The highest BCUT2D eigenvalue weighted by Crippen LogP contribution is 2.31. The molecule has 0 aromatic heterocycles. The second-order valence-electron chi connectivity index (χ2n) is 8.21. The normalized spacial score (nSPS) is 20.0. The van der Waals surface area contributed by atoms with Crippen molar-refractivity contribution in [2.75, 3.05) is 6.54 Å². The van der Waals surface area contributed by atoms with Crippen molar-refractivity contribution in [3.63, 3.8) is 0 Å². The summed E-state index contributed by atoms with van der Waals surface area (Å²) in [5, 5.41) is 4.26. The van der Waals surface area contributed by atoms with Gasteiger partial charge in [-0.15, -0.1) is 0 Å². The molecule has 1 N–H and O–H groups in total. The lowest BCUT2D eigenvalue weighted by Gasteiger charge is -2.34. The highest BCUT2D eigenvalue weighted by atomic mass is 35.5. The summed E-state index contributed by atoms with van der Waals surface area (Å²) in [6, 6.07) is 28.3. The maximum Gasteiger partial charge on any atom is 0.240 e. The molecule has 0 bridgehead atoms. The van der Waals surface area contributed by atoms with Crippen molar-refractivity contribution in [2.45, 2.75) is 44.3 Å². The zero-order valence-corrected chi connectivity index (χ0v) is 18.5. The van der Waals surface area contributed by atoms with Gasteiger partial charge in [0.25, 0.3) is 0 Å². The number of halogens is 1. The van der Waals surface area contributed by atoms with E-state index in [2.05, 4.69) is 46.6 Å². The zero-order chi connectivity index (χ0) is 21.5. The summed E-state index contributed by atoms with van der Waals surface area (Å²) in [6.45, 7) is 1.45. The van der Waals surface area contributed by atoms with Gasteiger partial charge in [0.05, 0.1) is 12.1 Å². The first-order valence-corrected chi connectivity index (χ1v) is 11.5. The molecule has 1 amide bonds. The molecule has 2 atom stereocenters. The molecule has 0 saturated carbocycles.